The van der Waals surface area contributed by atoms with Crippen molar-refractivity contribution < 1.29 is 14.3 Å². The Morgan fingerprint density at radius 3 is 2.54 bits per heavy atom. The monoisotopic (exact) mass is 333 g/mol. The highest BCUT2D eigenvalue weighted by molar-refractivity contribution is 5.95. The predicted molar refractivity (Wildman–Crippen MR) is 94.4 cm³/mol. The molecule has 1 aromatic carbocycles. The summed E-state index contributed by atoms with van der Waals surface area (Å²) in [5, 5.41) is 5.70. The minimum absolute atomic E-state index is 0.0854. The molecular formula is C18H27N3O3. The maximum atomic E-state index is 12.2. The molecule has 0 saturated carbocycles. The van der Waals surface area contributed by atoms with Crippen LogP contribution in [0.4, 0.5) is 10.5 Å². The first-order chi connectivity index (χ1) is 11.3. The molecule has 0 bridgehead atoms. The van der Waals surface area contributed by atoms with E-state index in [1.165, 1.54) is 0 Å². The number of carbonyl (C=O) groups is 2. The van der Waals surface area contributed by atoms with Gasteiger partial charge in [0.2, 0.25) is 5.91 Å². The largest absolute Gasteiger partial charge is 0.494 e. The van der Waals surface area contributed by atoms with Crippen LogP contribution in [0, 0.1) is 5.92 Å². The molecule has 0 spiro atoms. The summed E-state index contributed by atoms with van der Waals surface area (Å²) in [6.07, 6.45) is 0.447. The normalized spacial score (nSPS) is 17.8. The molecule has 0 aromatic heterocycles. The summed E-state index contributed by atoms with van der Waals surface area (Å²) >= 11 is 0. The van der Waals surface area contributed by atoms with Gasteiger partial charge in [-0.15, -0.1) is 0 Å². The van der Waals surface area contributed by atoms with Crippen LogP contribution in [0.2, 0.25) is 0 Å². The molecule has 1 saturated heterocycles. The summed E-state index contributed by atoms with van der Waals surface area (Å²) in [4.78, 5) is 25.8. The summed E-state index contributed by atoms with van der Waals surface area (Å²) in [7, 11) is 0. The first-order valence-corrected chi connectivity index (χ1v) is 8.37. The van der Waals surface area contributed by atoms with Gasteiger partial charge in [-0.2, -0.15) is 0 Å². The zero-order chi connectivity index (χ0) is 17.7. The van der Waals surface area contributed by atoms with Crippen LogP contribution in [-0.4, -0.2) is 37.2 Å². The number of nitrogens with one attached hydrogen (secondary N) is 2. The molecule has 1 heterocycles. The number of hydrogen-bond acceptors (Lipinski definition) is 3. The Morgan fingerprint density at radius 2 is 1.96 bits per heavy atom. The maximum absolute atomic E-state index is 12.2. The van der Waals surface area contributed by atoms with Gasteiger partial charge in [-0.05, 0) is 52.0 Å². The van der Waals surface area contributed by atoms with Crippen molar-refractivity contribution >= 4 is 17.6 Å². The van der Waals surface area contributed by atoms with Crippen LogP contribution < -0.4 is 20.3 Å². The maximum Gasteiger partial charge on any atom is 0.315 e. The third-order valence-corrected chi connectivity index (χ3v) is 3.70. The van der Waals surface area contributed by atoms with E-state index in [-0.39, 0.29) is 23.4 Å². The number of amides is 3. The van der Waals surface area contributed by atoms with Crippen molar-refractivity contribution in [2.24, 2.45) is 5.92 Å². The number of rotatable bonds is 5. The molecule has 6 heteroatoms. The number of urea groups is 1. The molecule has 1 aliphatic heterocycles. The first-order valence-electron chi connectivity index (χ1n) is 8.37. The molecule has 0 radical (unpaired) electrons. The molecule has 1 fully saturated rings. The highest BCUT2D eigenvalue weighted by atomic mass is 16.5. The van der Waals surface area contributed by atoms with Crippen molar-refractivity contribution in [3.63, 3.8) is 0 Å². The van der Waals surface area contributed by atoms with Crippen molar-refractivity contribution in [2.75, 3.05) is 24.6 Å². The van der Waals surface area contributed by atoms with Crippen LogP contribution in [0.15, 0.2) is 24.3 Å². The van der Waals surface area contributed by atoms with Gasteiger partial charge < -0.3 is 20.3 Å². The lowest BCUT2D eigenvalue weighted by Crippen LogP contribution is -2.47. The molecule has 6 nitrogen and oxygen atoms in total. The zero-order valence-corrected chi connectivity index (χ0v) is 14.9. The van der Waals surface area contributed by atoms with E-state index in [9.17, 15) is 9.59 Å². The Kier molecular flexibility index (Phi) is 5.70. The van der Waals surface area contributed by atoms with Gasteiger partial charge in [-0.3, -0.25) is 4.79 Å². The van der Waals surface area contributed by atoms with E-state index < -0.39 is 0 Å². The van der Waals surface area contributed by atoms with E-state index in [0.29, 0.717) is 26.1 Å². The Balaban J connectivity index is 1.87. The van der Waals surface area contributed by atoms with Crippen LogP contribution in [-0.2, 0) is 4.79 Å². The summed E-state index contributed by atoms with van der Waals surface area (Å²) < 4.78 is 5.42. The van der Waals surface area contributed by atoms with Crippen LogP contribution in [0.1, 0.15) is 34.1 Å². The van der Waals surface area contributed by atoms with E-state index in [0.717, 1.165) is 11.4 Å². The molecule has 132 valence electrons. The molecule has 1 atom stereocenters. The fraction of sp³-hybridized carbons (Fsp3) is 0.556. The second-order valence-electron chi connectivity index (χ2n) is 7.09. The summed E-state index contributed by atoms with van der Waals surface area (Å²) in [5.41, 5.74) is 0.592. The Hall–Kier alpha value is -2.24. The van der Waals surface area contributed by atoms with Crippen LogP contribution in [0.5, 0.6) is 5.75 Å². The molecule has 3 amide bonds. The van der Waals surface area contributed by atoms with Crippen LogP contribution in [0.3, 0.4) is 0 Å². The summed E-state index contributed by atoms with van der Waals surface area (Å²) in [6.45, 7) is 9.44. The average Bonchev–Trinajstić information content (AvgIpc) is 2.86. The topological polar surface area (TPSA) is 70.7 Å². The first kappa shape index (κ1) is 18.1. The van der Waals surface area contributed by atoms with Crippen molar-refractivity contribution in [2.45, 2.75) is 39.7 Å². The third-order valence-electron chi connectivity index (χ3n) is 3.70. The van der Waals surface area contributed by atoms with Crippen molar-refractivity contribution in [3.05, 3.63) is 24.3 Å². The number of nitrogens with zero attached hydrogens (tertiary/aromatic N) is 1. The summed E-state index contributed by atoms with van der Waals surface area (Å²) in [6, 6.07) is 7.33. The molecule has 24 heavy (non-hydrogen) atoms. The lowest BCUT2D eigenvalue weighted by atomic mass is 10.1. The second kappa shape index (κ2) is 7.55. The van der Waals surface area contributed by atoms with Gasteiger partial charge in [0.1, 0.15) is 5.75 Å². The minimum atomic E-state index is -0.274. The van der Waals surface area contributed by atoms with Crippen LogP contribution >= 0.6 is 0 Å². The fourth-order valence-electron chi connectivity index (χ4n) is 2.68. The van der Waals surface area contributed by atoms with E-state index in [2.05, 4.69) is 10.6 Å². The van der Waals surface area contributed by atoms with E-state index in [4.69, 9.17) is 4.74 Å². The molecule has 0 unspecified atom stereocenters. The molecule has 0 aliphatic carbocycles. The van der Waals surface area contributed by atoms with E-state index in [1.807, 2.05) is 52.0 Å². The second-order valence-corrected chi connectivity index (χ2v) is 7.09. The number of anilines is 1. The van der Waals surface area contributed by atoms with E-state index in [1.54, 1.807) is 4.90 Å². The van der Waals surface area contributed by atoms with Gasteiger partial charge in [0.25, 0.3) is 0 Å². The average molecular weight is 333 g/mol. The number of carbonyl (C=O) groups excluding carboxylic acids is 2. The van der Waals surface area contributed by atoms with Gasteiger partial charge >= 0.3 is 6.03 Å². The number of hydrogen-bond donors (Lipinski definition) is 2. The zero-order valence-electron chi connectivity index (χ0n) is 14.9. The van der Waals surface area contributed by atoms with Crippen LogP contribution in [0.25, 0.3) is 0 Å². The van der Waals surface area contributed by atoms with Crippen molar-refractivity contribution in [3.8, 4) is 5.75 Å². The van der Waals surface area contributed by atoms with Gasteiger partial charge in [0.15, 0.2) is 0 Å². The lowest BCUT2D eigenvalue weighted by molar-refractivity contribution is -0.117. The minimum Gasteiger partial charge on any atom is -0.494 e. The lowest BCUT2D eigenvalue weighted by Gasteiger charge is -2.21. The van der Waals surface area contributed by atoms with Gasteiger partial charge in [-0.1, -0.05) is 0 Å². The molecule has 2 N–H and O–H groups in total. The van der Waals surface area contributed by atoms with Gasteiger partial charge in [0, 0.05) is 36.7 Å². The molecule has 1 aliphatic rings. The highest BCUT2D eigenvalue weighted by Gasteiger charge is 2.30. The highest BCUT2D eigenvalue weighted by Crippen LogP contribution is 2.26. The fourth-order valence-corrected chi connectivity index (χ4v) is 2.68. The van der Waals surface area contributed by atoms with Gasteiger partial charge in [-0.25, -0.2) is 4.79 Å². The molecule has 2 rings (SSSR count). The van der Waals surface area contributed by atoms with Crippen molar-refractivity contribution in [1.82, 2.24) is 10.6 Å². The summed E-state index contributed by atoms with van der Waals surface area (Å²) in [5.74, 6) is 1.00. The smallest absolute Gasteiger partial charge is 0.315 e. The SMILES string of the molecule is CCOc1ccc(N2C[C@H](CNC(=O)NC(C)(C)C)CC2=O)cc1. The third kappa shape index (κ3) is 5.15. The predicted octanol–water partition coefficient (Wildman–Crippen LogP) is 2.54. The number of benzene rings is 1. The Bertz CT molecular complexity index is 578. The van der Waals surface area contributed by atoms with Gasteiger partial charge in [0.05, 0.1) is 6.61 Å². The molecule has 1 aromatic rings. The number of ether oxygens (including phenoxy) is 1. The standard InChI is InChI=1S/C18H27N3O3/c1-5-24-15-8-6-14(7-9-15)21-12-13(10-16(21)22)11-19-17(23)20-18(2,3)4/h6-9,13H,5,10-12H2,1-4H3,(H2,19,20,23)/t13-/m0/s1. The van der Waals surface area contributed by atoms with Crippen molar-refractivity contribution in [1.29, 1.82) is 0 Å². The van der Waals surface area contributed by atoms with E-state index >= 15 is 0 Å². The molecular weight excluding hydrogens is 306 g/mol. The quantitative estimate of drug-likeness (QED) is 0.870. The Labute approximate surface area is 143 Å². The Morgan fingerprint density at radius 1 is 1.29 bits per heavy atom.